The Bertz CT molecular complexity index is 393. The van der Waals surface area contributed by atoms with Crippen molar-refractivity contribution >= 4 is 5.91 Å². The van der Waals surface area contributed by atoms with Crippen molar-refractivity contribution in [2.45, 2.75) is 19.9 Å². The van der Waals surface area contributed by atoms with E-state index in [1.165, 1.54) is 0 Å². The van der Waals surface area contributed by atoms with Crippen molar-refractivity contribution in [3.63, 3.8) is 0 Å². The fourth-order valence-electron chi connectivity index (χ4n) is 1.86. The Hall–Kier alpha value is -1.55. The number of rotatable bonds is 6. The zero-order valence-corrected chi connectivity index (χ0v) is 11.5. The van der Waals surface area contributed by atoms with Crippen LogP contribution in [0.15, 0.2) is 24.3 Å². The summed E-state index contributed by atoms with van der Waals surface area (Å²) in [6.07, 6.45) is 0. The van der Waals surface area contributed by atoms with Crippen LogP contribution in [0.5, 0.6) is 5.75 Å². The molecule has 4 nitrogen and oxygen atoms in total. The molecule has 0 heterocycles. The SMILES string of the molecule is CNCC(C)C(=O)NC(C)c1ccccc1OC. The standard InChI is InChI=1S/C14H22N2O2/c1-10(9-15-3)14(17)16-11(2)12-7-5-6-8-13(12)18-4/h5-8,10-11,15H,9H2,1-4H3,(H,16,17). The largest absolute Gasteiger partial charge is 0.496 e. The maximum Gasteiger partial charge on any atom is 0.224 e. The molecule has 0 bridgehead atoms. The molecule has 0 fully saturated rings. The Kier molecular flexibility index (Phi) is 5.65. The number of methoxy groups -OCH3 is 1. The summed E-state index contributed by atoms with van der Waals surface area (Å²) in [5.41, 5.74) is 0.991. The van der Waals surface area contributed by atoms with Crippen LogP contribution in [-0.2, 0) is 4.79 Å². The summed E-state index contributed by atoms with van der Waals surface area (Å²) in [5, 5.41) is 5.99. The molecule has 0 radical (unpaired) electrons. The van der Waals surface area contributed by atoms with Crippen LogP contribution in [0, 0.1) is 5.92 Å². The average Bonchev–Trinajstić information content (AvgIpc) is 2.38. The van der Waals surface area contributed by atoms with E-state index >= 15 is 0 Å². The zero-order valence-electron chi connectivity index (χ0n) is 11.5. The highest BCUT2D eigenvalue weighted by atomic mass is 16.5. The zero-order chi connectivity index (χ0) is 13.5. The van der Waals surface area contributed by atoms with Crippen LogP contribution in [0.25, 0.3) is 0 Å². The molecule has 2 N–H and O–H groups in total. The molecule has 0 saturated carbocycles. The van der Waals surface area contributed by atoms with E-state index in [9.17, 15) is 4.79 Å². The highest BCUT2D eigenvalue weighted by molar-refractivity contribution is 5.79. The molecule has 0 saturated heterocycles. The minimum absolute atomic E-state index is 0.0442. The molecule has 0 aliphatic carbocycles. The predicted octanol–water partition coefficient (Wildman–Crippen LogP) is 1.73. The van der Waals surface area contributed by atoms with Gasteiger partial charge in [0, 0.05) is 18.0 Å². The fourth-order valence-corrected chi connectivity index (χ4v) is 1.86. The van der Waals surface area contributed by atoms with E-state index in [-0.39, 0.29) is 17.9 Å². The molecule has 18 heavy (non-hydrogen) atoms. The first-order chi connectivity index (χ1) is 8.60. The van der Waals surface area contributed by atoms with Crippen LogP contribution >= 0.6 is 0 Å². The predicted molar refractivity (Wildman–Crippen MR) is 72.6 cm³/mol. The van der Waals surface area contributed by atoms with Gasteiger partial charge in [-0.25, -0.2) is 0 Å². The lowest BCUT2D eigenvalue weighted by atomic mass is 10.1. The molecule has 4 heteroatoms. The normalized spacial score (nSPS) is 13.8. The van der Waals surface area contributed by atoms with Gasteiger partial charge in [-0.15, -0.1) is 0 Å². The number of hydrogen-bond acceptors (Lipinski definition) is 3. The number of ether oxygens (including phenoxy) is 1. The Morgan fingerprint density at radius 1 is 1.33 bits per heavy atom. The summed E-state index contributed by atoms with van der Waals surface area (Å²) in [6.45, 7) is 4.53. The van der Waals surface area contributed by atoms with Crippen LogP contribution in [0.1, 0.15) is 25.5 Å². The van der Waals surface area contributed by atoms with Gasteiger partial charge < -0.3 is 15.4 Å². The number of benzene rings is 1. The van der Waals surface area contributed by atoms with Gasteiger partial charge in [0.05, 0.1) is 13.2 Å². The summed E-state index contributed by atoms with van der Waals surface area (Å²) in [5.74, 6) is 0.793. The lowest BCUT2D eigenvalue weighted by Crippen LogP contribution is -2.35. The number of para-hydroxylation sites is 1. The van der Waals surface area contributed by atoms with E-state index in [1.807, 2.05) is 45.2 Å². The number of hydrogen-bond donors (Lipinski definition) is 2. The molecule has 0 spiro atoms. The molecule has 2 atom stereocenters. The fraction of sp³-hybridized carbons (Fsp3) is 0.500. The molecule has 1 rings (SSSR count). The molecule has 0 aliphatic rings. The molecule has 1 aromatic carbocycles. The van der Waals surface area contributed by atoms with Crippen LogP contribution in [0.3, 0.4) is 0 Å². The third-order valence-corrected chi connectivity index (χ3v) is 2.92. The molecular weight excluding hydrogens is 228 g/mol. The van der Waals surface area contributed by atoms with Crippen LogP contribution < -0.4 is 15.4 Å². The number of carbonyl (C=O) groups is 1. The molecule has 0 aromatic heterocycles. The third-order valence-electron chi connectivity index (χ3n) is 2.92. The highest BCUT2D eigenvalue weighted by Gasteiger charge is 2.17. The van der Waals surface area contributed by atoms with Gasteiger partial charge in [0.2, 0.25) is 5.91 Å². The van der Waals surface area contributed by atoms with Gasteiger partial charge in [0.15, 0.2) is 0 Å². The first kappa shape index (κ1) is 14.5. The lowest BCUT2D eigenvalue weighted by molar-refractivity contribution is -0.125. The minimum Gasteiger partial charge on any atom is -0.496 e. The van der Waals surface area contributed by atoms with Crippen molar-refractivity contribution in [2.75, 3.05) is 20.7 Å². The number of nitrogens with one attached hydrogen (secondary N) is 2. The summed E-state index contributed by atoms with van der Waals surface area (Å²) in [7, 11) is 3.48. The van der Waals surface area contributed by atoms with Crippen LogP contribution in [0.2, 0.25) is 0 Å². The van der Waals surface area contributed by atoms with Gasteiger partial charge in [-0.3, -0.25) is 4.79 Å². The van der Waals surface area contributed by atoms with Gasteiger partial charge >= 0.3 is 0 Å². The van der Waals surface area contributed by atoms with Crippen molar-refractivity contribution in [3.8, 4) is 5.75 Å². The topological polar surface area (TPSA) is 50.4 Å². The van der Waals surface area contributed by atoms with Crippen molar-refractivity contribution in [1.29, 1.82) is 0 Å². The van der Waals surface area contributed by atoms with E-state index < -0.39 is 0 Å². The van der Waals surface area contributed by atoms with E-state index in [0.717, 1.165) is 11.3 Å². The van der Waals surface area contributed by atoms with E-state index in [1.54, 1.807) is 7.11 Å². The van der Waals surface area contributed by atoms with Gasteiger partial charge in [-0.1, -0.05) is 25.1 Å². The molecule has 100 valence electrons. The molecule has 1 amide bonds. The average molecular weight is 250 g/mol. The summed E-state index contributed by atoms with van der Waals surface area (Å²) in [4.78, 5) is 11.9. The summed E-state index contributed by atoms with van der Waals surface area (Å²) < 4.78 is 5.29. The first-order valence-corrected chi connectivity index (χ1v) is 6.18. The van der Waals surface area contributed by atoms with Gasteiger partial charge in [0.25, 0.3) is 0 Å². The quantitative estimate of drug-likeness (QED) is 0.808. The highest BCUT2D eigenvalue weighted by Crippen LogP contribution is 2.24. The van der Waals surface area contributed by atoms with Gasteiger partial charge in [0.1, 0.15) is 5.75 Å². The third kappa shape index (κ3) is 3.74. The first-order valence-electron chi connectivity index (χ1n) is 6.18. The Labute approximate surface area is 109 Å². The number of amides is 1. The maximum atomic E-state index is 11.9. The van der Waals surface area contributed by atoms with Gasteiger partial charge in [-0.05, 0) is 20.0 Å². The smallest absolute Gasteiger partial charge is 0.224 e. The van der Waals surface area contributed by atoms with E-state index in [0.29, 0.717) is 6.54 Å². The molecule has 1 aromatic rings. The maximum absolute atomic E-state index is 11.9. The Morgan fingerprint density at radius 2 is 2.00 bits per heavy atom. The Balaban J connectivity index is 2.70. The Morgan fingerprint density at radius 3 is 2.61 bits per heavy atom. The van der Waals surface area contributed by atoms with Crippen molar-refractivity contribution in [1.82, 2.24) is 10.6 Å². The van der Waals surface area contributed by atoms with Crippen molar-refractivity contribution < 1.29 is 9.53 Å². The molecule has 2 unspecified atom stereocenters. The molecular formula is C14H22N2O2. The minimum atomic E-state index is -0.0621. The monoisotopic (exact) mass is 250 g/mol. The lowest BCUT2D eigenvalue weighted by Gasteiger charge is -2.19. The number of carbonyl (C=O) groups excluding carboxylic acids is 1. The van der Waals surface area contributed by atoms with Crippen LogP contribution in [0.4, 0.5) is 0 Å². The van der Waals surface area contributed by atoms with Crippen molar-refractivity contribution in [2.24, 2.45) is 5.92 Å². The van der Waals surface area contributed by atoms with E-state index in [2.05, 4.69) is 10.6 Å². The summed E-state index contributed by atoms with van der Waals surface area (Å²) in [6, 6.07) is 7.66. The van der Waals surface area contributed by atoms with Gasteiger partial charge in [-0.2, -0.15) is 0 Å². The second kappa shape index (κ2) is 7.01. The van der Waals surface area contributed by atoms with E-state index in [4.69, 9.17) is 4.74 Å². The second-order valence-corrected chi connectivity index (χ2v) is 4.43. The summed E-state index contributed by atoms with van der Waals surface area (Å²) >= 11 is 0. The molecule has 0 aliphatic heterocycles. The second-order valence-electron chi connectivity index (χ2n) is 4.43. The van der Waals surface area contributed by atoms with Crippen molar-refractivity contribution in [3.05, 3.63) is 29.8 Å². The van der Waals surface area contributed by atoms with Crippen LogP contribution in [-0.4, -0.2) is 26.6 Å².